The third-order valence-electron chi connectivity index (χ3n) is 5.27. The second-order valence-corrected chi connectivity index (χ2v) is 8.23. The Hall–Kier alpha value is -3.98. The molecule has 1 aliphatic rings. The molecule has 8 nitrogen and oxygen atoms in total. The Labute approximate surface area is 181 Å². The van der Waals surface area contributed by atoms with Crippen LogP contribution in [0.25, 0.3) is 16.1 Å². The van der Waals surface area contributed by atoms with Crippen LogP contribution in [0.4, 0.5) is 16.4 Å². The number of benzene rings is 2. The van der Waals surface area contributed by atoms with Gasteiger partial charge in [0.2, 0.25) is 0 Å². The van der Waals surface area contributed by atoms with E-state index >= 15 is 0 Å². The Morgan fingerprint density at radius 3 is 2.58 bits per heavy atom. The molecule has 2 aromatic carbocycles. The highest BCUT2D eigenvalue weighted by atomic mass is 32.1. The van der Waals surface area contributed by atoms with Gasteiger partial charge in [0.15, 0.2) is 0 Å². The Morgan fingerprint density at radius 2 is 1.87 bits per heavy atom. The fourth-order valence-corrected chi connectivity index (χ4v) is 4.94. The number of anilines is 2. The number of aryl methyl sites for hydroxylation is 1. The second kappa shape index (κ2) is 7.37. The summed E-state index contributed by atoms with van der Waals surface area (Å²) in [6, 6.07) is 15.6. The lowest BCUT2D eigenvalue weighted by molar-refractivity contribution is -0.384. The molecule has 9 heteroatoms. The van der Waals surface area contributed by atoms with Gasteiger partial charge in [0.05, 0.1) is 26.9 Å². The number of fused-ring (bicyclic) bond motifs is 3. The summed E-state index contributed by atoms with van der Waals surface area (Å²) in [4.78, 5) is 24.3. The molecule has 0 unspecified atom stereocenters. The van der Waals surface area contributed by atoms with Crippen LogP contribution in [-0.2, 0) is 12.8 Å². The molecule has 0 fully saturated rings. The zero-order chi connectivity index (χ0) is 21.5. The highest BCUT2D eigenvalue weighted by molar-refractivity contribution is 7.20. The Morgan fingerprint density at radius 1 is 1.13 bits per heavy atom. The smallest absolute Gasteiger partial charge is 0.269 e. The maximum atomic E-state index is 13.0. The van der Waals surface area contributed by atoms with Gasteiger partial charge in [-0.15, -0.1) is 11.3 Å². The molecule has 0 saturated heterocycles. The molecule has 2 heterocycles. The van der Waals surface area contributed by atoms with Crippen LogP contribution in [0.2, 0.25) is 0 Å². The Kier molecular flexibility index (Phi) is 4.52. The summed E-state index contributed by atoms with van der Waals surface area (Å²) in [5, 5.41) is 18.8. The van der Waals surface area contributed by atoms with E-state index in [1.807, 2.05) is 41.2 Å². The topological polar surface area (TPSA) is 116 Å². The molecule has 0 radical (unpaired) electrons. The number of hydrogen-bond acceptors (Lipinski definition) is 6. The summed E-state index contributed by atoms with van der Waals surface area (Å²) in [5.74, 6) is -0.317. The number of thiophene rings is 1. The van der Waals surface area contributed by atoms with Gasteiger partial charge < -0.3 is 11.1 Å². The SMILES string of the molecule is Nc1sc2c(c1C(=O)Nc1ccc([N+](=O)[O-])cc1)CCc1nn(-c3ccccc3)cc1-2. The number of carbonyl (C=O) groups excluding carboxylic acids is 1. The lowest BCUT2D eigenvalue weighted by Crippen LogP contribution is -2.16. The second-order valence-electron chi connectivity index (χ2n) is 7.18. The highest BCUT2D eigenvalue weighted by Gasteiger charge is 2.29. The molecule has 0 spiro atoms. The number of nitrogens with one attached hydrogen (secondary N) is 1. The van der Waals surface area contributed by atoms with Crippen LogP contribution in [0.1, 0.15) is 21.6 Å². The number of carbonyl (C=O) groups is 1. The predicted molar refractivity (Wildman–Crippen MR) is 120 cm³/mol. The predicted octanol–water partition coefficient (Wildman–Crippen LogP) is 4.44. The zero-order valence-electron chi connectivity index (χ0n) is 16.2. The molecule has 0 saturated carbocycles. The van der Waals surface area contributed by atoms with E-state index in [2.05, 4.69) is 5.32 Å². The van der Waals surface area contributed by atoms with E-state index in [9.17, 15) is 14.9 Å². The molecule has 1 aliphatic carbocycles. The highest BCUT2D eigenvalue weighted by Crippen LogP contribution is 2.44. The van der Waals surface area contributed by atoms with Crippen molar-refractivity contribution in [3.05, 3.63) is 87.7 Å². The fraction of sp³-hybridized carbons (Fsp3) is 0.0909. The third kappa shape index (κ3) is 3.34. The maximum absolute atomic E-state index is 13.0. The molecule has 0 bridgehead atoms. The van der Waals surface area contributed by atoms with Crippen LogP contribution in [0.5, 0.6) is 0 Å². The maximum Gasteiger partial charge on any atom is 0.269 e. The molecule has 0 atom stereocenters. The van der Waals surface area contributed by atoms with Crippen LogP contribution in [0.15, 0.2) is 60.8 Å². The minimum atomic E-state index is -0.480. The van der Waals surface area contributed by atoms with Crippen molar-refractivity contribution in [2.75, 3.05) is 11.1 Å². The number of nitrogens with two attached hydrogens (primary N) is 1. The molecule has 2 aromatic heterocycles. The van der Waals surface area contributed by atoms with Crippen molar-refractivity contribution in [1.29, 1.82) is 0 Å². The quantitative estimate of drug-likeness (QED) is 0.366. The Balaban J connectivity index is 1.47. The van der Waals surface area contributed by atoms with E-state index in [4.69, 9.17) is 10.8 Å². The van der Waals surface area contributed by atoms with E-state index in [1.54, 1.807) is 0 Å². The number of hydrogen-bond donors (Lipinski definition) is 2. The van der Waals surface area contributed by atoms with Crippen LogP contribution >= 0.6 is 11.3 Å². The zero-order valence-corrected chi connectivity index (χ0v) is 17.1. The number of nitro groups is 1. The van der Waals surface area contributed by atoms with Crippen molar-refractivity contribution in [1.82, 2.24) is 9.78 Å². The molecule has 154 valence electrons. The monoisotopic (exact) mass is 431 g/mol. The lowest BCUT2D eigenvalue weighted by Gasteiger charge is -2.12. The van der Waals surface area contributed by atoms with Crippen molar-refractivity contribution in [3.8, 4) is 16.1 Å². The van der Waals surface area contributed by atoms with E-state index in [1.165, 1.54) is 35.6 Å². The van der Waals surface area contributed by atoms with Gasteiger partial charge in [-0.3, -0.25) is 14.9 Å². The van der Waals surface area contributed by atoms with Crippen LogP contribution in [0.3, 0.4) is 0 Å². The average molecular weight is 431 g/mol. The number of aromatic nitrogens is 2. The fourth-order valence-electron chi connectivity index (χ4n) is 3.79. The van der Waals surface area contributed by atoms with Crippen molar-refractivity contribution >= 4 is 33.6 Å². The number of nitro benzene ring substituents is 1. The lowest BCUT2D eigenvalue weighted by atomic mass is 9.94. The van der Waals surface area contributed by atoms with Gasteiger partial charge in [-0.2, -0.15) is 5.10 Å². The van der Waals surface area contributed by atoms with Crippen LogP contribution in [-0.4, -0.2) is 20.6 Å². The molecule has 4 aromatic rings. The van der Waals surface area contributed by atoms with Crippen molar-refractivity contribution in [3.63, 3.8) is 0 Å². The molecule has 1 amide bonds. The first-order valence-electron chi connectivity index (χ1n) is 9.62. The van der Waals surface area contributed by atoms with E-state index in [0.29, 0.717) is 22.7 Å². The first-order chi connectivity index (χ1) is 15.0. The summed E-state index contributed by atoms with van der Waals surface area (Å²) < 4.78 is 1.85. The largest absolute Gasteiger partial charge is 0.390 e. The molecule has 5 rings (SSSR count). The standard InChI is InChI=1S/C22H17N5O3S/c23-21-19(22(28)24-13-6-8-15(9-7-13)27(29)30)16-10-11-18-17(20(16)31-21)12-26(25-18)14-4-2-1-3-5-14/h1-9,12H,10-11,23H2,(H,24,28). The first-order valence-corrected chi connectivity index (χ1v) is 10.4. The summed E-state index contributed by atoms with van der Waals surface area (Å²) in [6.07, 6.45) is 3.37. The normalized spacial score (nSPS) is 12.1. The number of nitrogen functional groups attached to an aromatic ring is 1. The number of non-ortho nitro benzene ring substituents is 1. The van der Waals surface area contributed by atoms with Gasteiger partial charge in [-0.25, -0.2) is 4.68 Å². The van der Waals surface area contributed by atoms with Gasteiger partial charge >= 0.3 is 0 Å². The average Bonchev–Trinajstić information content (AvgIpc) is 3.35. The van der Waals surface area contributed by atoms with Crippen LogP contribution in [0, 0.1) is 10.1 Å². The summed E-state index contributed by atoms with van der Waals surface area (Å²) in [7, 11) is 0. The van der Waals surface area contributed by atoms with Crippen molar-refractivity contribution < 1.29 is 9.72 Å². The van der Waals surface area contributed by atoms with E-state index in [0.717, 1.165) is 33.8 Å². The molecular formula is C22H17N5O3S. The van der Waals surface area contributed by atoms with E-state index < -0.39 is 4.92 Å². The van der Waals surface area contributed by atoms with Gasteiger partial charge in [-0.1, -0.05) is 18.2 Å². The molecule has 0 aliphatic heterocycles. The summed E-state index contributed by atoms with van der Waals surface area (Å²) in [6.45, 7) is 0. The van der Waals surface area contributed by atoms with E-state index in [-0.39, 0.29) is 11.6 Å². The Bertz CT molecular complexity index is 1310. The van der Waals surface area contributed by atoms with Crippen molar-refractivity contribution in [2.45, 2.75) is 12.8 Å². The molecular weight excluding hydrogens is 414 g/mol. The number of para-hydroxylation sites is 1. The third-order valence-corrected chi connectivity index (χ3v) is 6.36. The first kappa shape index (κ1) is 19.0. The van der Waals surface area contributed by atoms with Crippen LogP contribution < -0.4 is 11.1 Å². The van der Waals surface area contributed by atoms with Gasteiger partial charge in [-0.05, 0) is 42.7 Å². The number of nitrogens with zero attached hydrogens (tertiary/aromatic N) is 3. The van der Waals surface area contributed by atoms with Crippen molar-refractivity contribution in [2.24, 2.45) is 0 Å². The molecule has 3 N–H and O–H groups in total. The minimum absolute atomic E-state index is 0.0339. The van der Waals surface area contributed by atoms with Gasteiger partial charge in [0.25, 0.3) is 11.6 Å². The summed E-state index contributed by atoms with van der Waals surface area (Å²) >= 11 is 1.39. The minimum Gasteiger partial charge on any atom is -0.390 e. The van der Waals surface area contributed by atoms with Gasteiger partial charge in [0, 0.05) is 34.5 Å². The summed E-state index contributed by atoms with van der Waals surface area (Å²) in [5.41, 5.74) is 11.0. The van der Waals surface area contributed by atoms with Gasteiger partial charge in [0.1, 0.15) is 0 Å². The molecule has 31 heavy (non-hydrogen) atoms. The number of amides is 1. The number of rotatable bonds is 4.